The summed E-state index contributed by atoms with van der Waals surface area (Å²) in [5, 5.41) is 49.1. The number of aliphatic hydroxyl groups excluding tert-OH is 4. The zero-order valence-corrected chi connectivity index (χ0v) is 14.1. The van der Waals surface area contributed by atoms with Gasteiger partial charge in [0.05, 0.1) is 6.61 Å². The second-order valence-electron chi connectivity index (χ2n) is 6.48. The van der Waals surface area contributed by atoms with E-state index < -0.39 is 43.2 Å². The lowest BCUT2D eigenvalue weighted by molar-refractivity contribution is -0.351. The Kier molecular flexibility index (Phi) is 8.79. The average Bonchev–Trinajstić information content (AvgIpc) is 2.58. The topological polar surface area (TPSA) is 110 Å². The second kappa shape index (κ2) is 10.6. The molecule has 0 aromatic heterocycles. The molecule has 0 saturated carbocycles. The SMILES string of the molecule is [2H]C(CCCCCCCCCC)C1(O)O[C@H](CO)[C@@H](O)[C@H](O)[C@H]1O. The molecule has 1 aliphatic rings. The number of aliphatic hydroxyl groups is 5. The van der Waals surface area contributed by atoms with Crippen molar-refractivity contribution in [2.45, 2.75) is 101 Å². The van der Waals surface area contributed by atoms with Crippen LogP contribution in [0.15, 0.2) is 0 Å². The monoisotopic (exact) mass is 335 g/mol. The van der Waals surface area contributed by atoms with Crippen molar-refractivity contribution in [2.24, 2.45) is 0 Å². The number of unbranched alkanes of at least 4 members (excludes halogenated alkanes) is 7. The van der Waals surface area contributed by atoms with E-state index in [0.717, 1.165) is 19.3 Å². The first kappa shape index (κ1) is 19.1. The third-order valence-electron chi connectivity index (χ3n) is 4.49. The van der Waals surface area contributed by atoms with Crippen molar-refractivity contribution >= 4 is 0 Å². The summed E-state index contributed by atoms with van der Waals surface area (Å²) in [6, 6.07) is 0. The largest absolute Gasteiger partial charge is 0.394 e. The number of ether oxygens (including phenoxy) is 1. The molecule has 0 spiro atoms. The van der Waals surface area contributed by atoms with Crippen molar-refractivity contribution in [1.82, 2.24) is 0 Å². The van der Waals surface area contributed by atoms with Crippen LogP contribution < -0.4 is 0 Å². The lowest BCUT2D eigenvalue weighted by atomic mass is 9.89. The first-order valence-corrected chi connectivity index (χ1v) is 8.86. The molecule has 1 rings (SSSR count). The van der Waals surface area contributed by atoms with Gasteiger partial charge in [-0.2, -0.15) is 0 Å². The van der Waals surface area contributed by atoms with Crippen LogP contribution in [0.3, 0.4) is 0 Å². The van der Waals surface area contributed by atoms with Gasteiger partial charge in [-0.1, -0.05) is 58.3 Å². The van der Waals surface area contributed by atoms with E-state index in [4.69, 9.17) is 11.2 Å². The molecule has 6 atom stereocenters. The van der Waals surface area contributed by atoms with E-state index in [1.54, 1.807) is 0 Å². The first-order valence-electron chi connectivity index (χ1n) is 9.43. The van der Waals surface area contributed by atoms with E-state index in [-0.39, 0.29) is 0 Å². The third kappa shape index (κ3) is 6.29. The van der Waals surface area contributed by atoms with Gasteiger partial charge in [0.1, 0.15) is 24.4 Å². The van der Waals surface area contributed by atoms with Gasteiger partial charge in [0.2, 0.25) is 0 Å². The molecule has 0 aromatic rings. The van der Waals surface area contributed by atoms with Crippen LogP contribution in [0.25, 0.3) is 0 Å². The smallest absolute Gasteiger partial charge is 0.195 e. The number of hydrogen-bond acceptors (Lipinski definition) is 6. The molecule has 1 aliphatic heterocycles. The lowest BCUT2D eigenvalue weighted by Crippen LogP contribution is -2.65. The highest BCUT2D eigenvalue weighted by atomic mass is 16.7. The normalized spacial score (nSPS) is 36.7. The Morgan fingerprint density at radius 2 is 1.43 bits per heavy atom. The summed E-state index contributed by atoms with van der Waals surface area (Å²) < 4.78 is 13.2. The first-order chi connectivity index (χ1) is 11.4. The molecule has 0 aromatic carbocycles. The van der Waals surface area contributed by atoms with E-state index in [1.165, 1.54) is 25.7 Å². The minimum Gasteiger partial charge on any atom is -0.394 e. The molecule has 1 fully saturated rings. The van der Waals surface area contributed by atoms with Crippen molar-refractivity contribution in [3.05, 3.63) is 0 Å². The summed E-state index contributed by atoms with van der Waals surface area (Å²) in [7, 11) is 0. The van der Waals surface area contributed by atoms with Crippen molar-refractivity contribution in [3.63, 3.8) is 0 Å². The summed E-state index contributed by atoms with van der Waals surface area (Å²) in [4.78, 5) is 0. The van der Waals surface area contributed by atoms with Gasteiger partial charge >= 0.3 is 0 Å². The number of rotatable bonds is 11. The van der Waals surface area contributed by atoms with Crippen LogP contribution in [0, 0.1) is 0 Å². The fraction of sp³-hybridized carbons (Fsp3) is 1.00. The predicted molar refractivity (Wildman–Crippen MR) is 86.8 cm³/mol. The van der Waals surface area contributed by atoms with Crippen molar-refractivity contribution < 1.29 is 31.6 Å². The van der Waals surface area contributed by atoms with Gasteiger partial charge in [-0.25, -0.2) is 0 Å². The van der Waals surface area contributed by atoms with E-state index in [1.807, 2.05) is 0 Å². The zero-order chi connectivity index (χ0) is 18.2. The predicted octanol–water partition coefficient (Wildman–Crippen LogP) is 1.07. The lowest BCUT2D eigenvalue weighted by Gasteiger charge is -2.45. The Labute approximate surface area is 140 Å². The Hall–Kier alpha value is -0.240. The molecule has 0 bridgehead atoms. The molecular formula is C17H34O6. The van der Waals surface area contributed by atoms with Crippen molar-refractivity contribution in [2.75, 3.05) is 6.61 Å². The summed E-state index contributed by atoms with van der Waals surface area (Å²) >= 11 is 0. The summed E-state index contributed by atoms with van der Waals surface area (Å²) in [5.74, 6) is -2.28. The van der Waals surface area contributed by atoms with Gasteiger partial charge in [0.25, 0.3) is 0 Å². The highest BCUT2D eigenvalue weighted by Crippen LogP contribution is 2.32. The van der Waals surface area contributed by atoms with Crippen LogP contribution >= 0.6 is 0 Å². The maximum Gasteiger partial charge on any atom is 0.195 e. The quantitative estimate of drug-likeness (QED) is 0.361. The molecule has 0 amide bonds. The molecule has 2 unspecified atom stereocenters. The molecule has 5 N–H and O–H groups in total. The Balaban J connectivity index is 2.38. The maximum atomic E-state index is 10.5. The van der Waals surface area contributed by atoms with Crippen LogP contribution in [0.1, 0.15) is 72.5 Å². The van der Waals surface area contributed by atoms with Gasteiger partial charge in [0.15, 0.2) is 5.79 Å². The van der Waals surface area contributed by atoms with Crippen LogP contribution in [0.4, 0.5) is 0 Å². The molecule has 138 valence electrons. The molecular weight excluding hydrogens is 300 g/mol. The van der Waals surface area contributed by atoms with Crippen LogP contribution in [0.5, 0.6) is 0 Å². The maximum absolute atomic E-state index is 10.5. The van der Waals surface area contributed by atoms with Crippen LogP contribution in [-0.2, 0) is 4.74 Å². The van der Waals surface area contributed by atoms with Crippen molar-refractivity contribution in [3.8, 4) is 0 Å². The highest BCUT2D eigenvalue weighted by Gasteiger charge is 2.51. The molecule has 6 heteroatoms. The fourth-order valence-corrected chi connectivity index (χ4v) is 2.93. The van der Waals surface area contributed by atoms with Gasteiger partial charge in [-0.3, -0.25) is 0 Å². The van der Waals surface area contributed by atoms with Crippen LogP contribution in [0.2, 0.25) is 0 Å². The highest BCUT2D eigenvalue weighted by molar-refractivity contribution is 4.95. The molecule has 0 aliphatic carbocycles. The number of hydrogen-bond donors (Lipinski definition) is 5. The second-order valence-corrected chi connectivity index (χ2v) is 6.48. The summed E-state index contributed by atoms with van der Waals surface area (Å²) in [6.07, 6.45) is 1.79. The van der Waals surface area contributed by atoms with Gasteiger partial charge in [-0.05, 0) is 6.42 Å². The summed E-state index contributed by atoms with van der Waals surface area (Å²) in [6.45, 7) is 1.57. The standard InChI is InChI=1S/C17H34O6/c1-2-3-4-5-6-7-8-9-10-11-17(22)16(21)15(20)14(19)13(12-18)23-17/h13-16,18-22H,2-12H2,1H3/t13-,14-,15+,16-,17?/m1/s1/i11D/t11?,13-,14-,15+,16-,17?. The zero-order valence-electron chi connectivity index (χ0n) is 15.1. The Morgan fingerprint density at radius 1 is 0.913 bits per heavy atom. The molecule has 1 heterocycles. The van der Waals surface area contributed by atoms with Gasteiger partial charge < -0.3 is 30.3 Å². The summed E-state index contributed by atoms with van der Waals surface area (Å²) in [5.41, 5.74) is 0. The van der Waals surface area contributed by atoms with Gasteiger partial charge in [-0.15, -0.1) is 0 Å². The fourth-order valence-electron chi connectivity index (χ4n) is 2.93. The van der Waals surface area contributed by atoms with E-state index in [9.17, 15) is 20.4 Å². The van der Waals surface area contributed by atoms with E-state index in [2.05, 4.69) is 6.92 Å². The average molecular weight is 335 g/mol. The van der Waals surface area contributed by atoms with E-state index >= 15 is 0 Å². The minimum atomic E-state index is -2.28. The molecule has 1 saturated heterocycles. The van der Waals surface area contributed by atoms with Crippen molar-refractivity contribution in [1.29, 1.82) is 0 Å². The Morgan fingerprint density at radius 3 is 1.96 bits per heavy atom. The minimum absolute atomic E-state index is 0.309. The Bertz CT molecular complexity index is 343. The molecule has 0 radical (unpaired) electrons. The van der Waals surface area contributed by atoms with E-state index in [0.29, 0.717) is 12.8 Å². The molecule has 6 nitrogen and oxygen atoms in total. The molecule has 23 heavy (non-hydrogen) atoms. The third-order valence-corrected chi connectivity index (χ3v) is 4.49. The van der Waals surface area contributed by atoms with Crippen LogP contribution in [-0.4, -0.2) is 62.3 Å². The van der Waals surface area contributed by atoms with Gasteiger partial charge in [0, 0.05) is 7.77 Å².